The van der Waals surface area contributed by atoms with E-state index in [0.29, 0.717) is 23.8 Å². The Morgan fingerprint density at radius 3 is 2.64 bits per heavy atom. The molecular formula is C18H18N4O2S. The highest BCUT2D eigenvalue weighted by Gasteiger charge is 2.34. The summed E-state index contributed by atoms with van der Waals surface area (Å²) in [5.41, 5.74) is 1.69. The van der Waals surface area contributed by atoms with Crippen molar-refractivity contribution in [1.82, 2.24) is 19.4 Å². The minimum absolute atomic E-state index is 0.00426. The summed E-state index contributed by atoms with van der Waals surface area (Å²) in [6.07, 6.45) is 3.85. The van der Waals surface area contributed by atoms with Gasteiger partial charge in [0.25, 0.3) is 5.91 Å². The van der Waals surface area contributed by atoms with Gasteiger partial charge >= 0.3 is 0 Å². The smallest absolute Gasteiger partial charge is 0.266 e. The Kier molecular flexibility index (Phi) is 4.01. The summed E-state index contributed by atoms with van der Waals surface area (Å²) in [6.45, 7) is 4.95. The highest BCUT2D eigenvalue weighted by atomic mass is 32.1. The van der Waals surface area contributed by atoms with Crippen LogP contribution in [0.4, 0.5) is 0 Å². The van der Waals surface area contributed by atoms with Gasteiger partial charge in [-0.15, -0.1) is 0 Å². The molecule has 0 N–H and O–H groups in total. The molecule has 0 spiro atoms. The summed E-state index contributed by atoms with van der Waals surface area (Å²) in [6, 6.07) is 9.57. The molecule has 0 unspecified atom stereocenters. The highest BCUT2D eigenvalue weighted by molar-refractivity contribution is 7.16. The Morgan fingerprint density at radius 1 is 1.16 bits per heavy atom. The first kappa shape index (κ1) is 15.8. The molecule has 4 heterocycles. The first-order chi connectivity index (χ1) is 12.1. The Hall–Kier alpha value is -2.67. The summed E-state index contributed by atoms with van der Waals surface area (Å²) in [5, 5.41) is 0.808. The maximum atomic E-state index is 12.7. The molecule has 1 saturated heterocycles. The van der Waals surface area contributed by atoms with E-state index in [1.54, 1.807) is 4.90 Å². The summed E-state index contributed by atoms with van der Waals surface area (Å²) >= 11 is 1.42. The highest BCUT2D eigenvalue weighted by Crippen LogP contribution is 2.26. The topological polar surface area (TPSA) is 60.2 Å². The van der Waals surface area contributed by atoms with E-state index in [4.69, 9.17) is 4.74 Å². The van der Waals surface area contributed by atoms with E-state index < -0.39 is 0 Å². The number of hydrogen-bond acceptors (Lipinski definition) is 5. The van der Waals surface area contributed by atoms with E-state index in [1.807, 2.05) is 61.1 Å². The Balaban J connectivity index is 1.40. The summed E-state index contributed by atoms with van der Waals surface area (Å²) in [5.74, 6) is 0.631. The molecule has 0 saturated carbocycles. The molecule has 0 radical (unpaired) electrons. The monoisotopic (exact) mass is 354 g/mol. The average Bonchev–Trinajstić information content (AvgIpc) is 3.19. The van der Waals surface area contributed by atoms with E-state index in [2.05, 4.69) is 9.97 Å². The van der Waals surface area contributed by atoms with E-state index in [1.165, 1.54) is 11.3 Å². The van der Waals surface area contributed by atoms with Crippen molar-refractivity contribution in [3.63, 3.8) is 0 Å². The molecular weight excluding hydrogens is 336 g/mol. The molecule has 1 fully saturated rings. The van der Waals surface area contributed by atoms with Crippen LogP contribution in [0.2, 0.25) is 0 Å². The van der Waals surface area contributed by atoms with E-state index >= 15 is 0 Å². The maximum Gasteiger partial charge on any atom is 0.266 e. The van der Waals surface area contributed by atoms with Crippen LogP contribution in [0.1, 0.15) is 21.1 Å². The summed E-state index contributed by atoms with van der Waals surface area (Å²) in [4.78, 5) is 24.0. The largest absolute Gasteiger partial charge is 0.471 e. The molecule has 1 amide bonds. The molecule has 128 valence electrons. The number of hydrogen-bond donors (Lipinski definition) is 0. The number of aromatic nitrogens is 3. The fourth-order valence-electron chi connectivity index (χ4n) is 2.73. The zero-order chi connectivity index (χ0) is 17.4. The second-order valence-corrected chi connectivity index (χ2v) is 7.05. The van der Waals surface area contributed by atoms with Gasteiger partial charge in [0.1, 0.15) is 11.0 Å². The van der Waals surface area contributed by atoms with E-state index in [0.717, 1.165) is 16.5 Å². The SMILES string of the molecule is Cc1cccc(OC2CN(C(=O)c3sc(-n4cccc4)nc3C)C2)n1. The predicted molar refractivity (Wildman–Crippen MR) is 95.5 cm³/mol. The number of aryl methyl sites for hydroxylation is 2. The first-order valence-corrected chi connectivity index (χ1v) is 8.92. The van der Waals surface area contributed by atoms with Gasteiger partial charge in [0.05, 0.1) is 18.8 Å². The molecule has 4 rings (SSSR count). The van der Waals surface area contributed by atoms with Crippen LogP contribution >= 0.6 is 11.3 Å². The quantitative estimate of drug-likeness (QED) is 0.723. The van der Waals surface area contributed by atoms with Crippen molar-refractivity contribution in [2.45, 2.75) is 20.0 Å². The third-order valence-corrected chi connectivity index (χ3v) is 5.25. The number of nitrogens with zero attached hydrogens (tertiary/aromatic N) is 4. The van der Waals surface area contributed by atoms with Gasteiger partial charge in [-0.25, -0.2) is 9.97 Å². The lowest BCUT2D eigenvalue weighted by Crippen LogP contribution is -2.56. The predicted octanol–water partition coefficient (Wildman–Crippen LogP) is 2.85. The molecule has 6 nitrogen and oxygen atoms in total. The van der Waals surface area contributed by atoms with Gasteiger partial charge in [0.15, 0.2) is 5.13 Å². The molecule has 1 aliphatic heterocycles. The zero-order valence-electron chi connectivity index (χ0n) is 14.0. The van der Waals surface area contributed by atoms with Crippen LogP contribution in [0.3, 0.4) is 0 Å². The lowest BCUT2D eigenvalue weighted by Gasteiger charge is -2.38. The van der Waals surface area contributed by atoms with Gasteiger partial charge in [-0.1, -0.05) is 17.4 Å². The van der Waals surface area contributed by atoms with E-state index in [9.17, 15) is 4.79 Å². The molecule has 0 bridgehead atoms. The number of pyridine rings is 1. The third kappa shape index (κ3) is 3.15. The number of rotatable bonds is 4. The number of amides is 1. The maximum absolute atomic E-state index is 12.7. The van der Waals surface area contributed by atoms with Gasteiger partial charge in [-0.05, 0) is 32.0 Å². The average molecular weight is 354 g/mol. The Labute approximate surface area is 149 Å². The Morgan fingerprint density at radius 2 is 1.92 bits per heavy atom. The number of likely N-dealkylation sites (tertiary alicyclic amines) is 1. The van der Waals surface area contributed by atoms with Crippen LogP contribution in [0, 0.1) is 13.8 Å². The lowest BCUT2D eigenvalue weighted by atomic mass is 10.1. The van der Waals surface area contributed by atoms with Crippen LogP contribution in [0.5, 0.6) is 5.88 Å². The van der Waals surface area contributed by atoms with Crippen LogP contribution in [0.25, 0.3) is 5.13 Å². The summed E-state index contributed by atoms with van der Waals surface area (Å²) < 4.78 is 7.74. The fraction of sp³-hybridized carbons (Fsp3) is 0.278. The van der Waals surface area contributed by atoms with Crippen molar-refractivity contribution in [3.8, 4) is 11.0 Å². The second kappa shape index (κ2) is 6.33. The molecule has 0 aromatic carbocycles. The number of carbonyl (C=O) groups excluding carboxylic acids is 1. The molecule has 3 aromatic rings. The van der Waals surface area contributed by atoms with Gasteiger partial charge in [0.2, 0.25) is 5.88 Å². The number of ether oxygens (including phenoxy) is 1. The normalized spacial score (nSPS) is 14.4. The molecule has 25 heavy (non-hydrogen) atoms. The van der Waals surface area contributed by atoms with Crippen LogP contribution < -0.4 is 4.74 Å². The number of thiazole rings is 1. The van der Waals surface area contributed by atoms with Crippen molar-refractivity contribution in [3.05, 3.63) is 59.0 Å². The van der Waals surface area contributed by atoms with Gasteiger partial charge in [-0.3, -0.25) is 4.79 Å². The fourth-order valence-corrected chi connectivity index (χ4v) is 3.73. The molecule has 3 aromatic heterocycles. The van der Waals surface area contributed by atoms with Crippen LogP contribution in [-0.2, 0) is 0 Å². The van der Waals surface area contributed by atoms with Gasteiger partial charge < -0.3 is 14.2 Å². The van der Waals surface area contributed by atoms with Gasteiger partial charge in [0, 0.05) is 24.2 Å². The van der Waals surface area contributed by atoms with Crippen molar-refractivity contribution in [1.29, 1.82) is 0 Å². The first-order valence-electron chi connectivity index (χ1n) is 8.10. The van der Waals surface area contributed by atoms with Crippen molar-refractivity contribution >= 4 is 17.2 Å². The van der Waals surface area contributed by atoms with Crippen molar-refractivity contribution in [2.75, 3.05) is 13.1 Å². The van der Waals surface area contributed by atoms with Crippen LogP contribution in [0.15, 0.2) is 42.7 Å². The second-order valence-electron chi connectivity index (χ2n) is 6.07. The molecule has 7 heteroatoms. The van der Waals surface area contributed by atoms with E-state index in [-0.39, 0.29) is 12.0 Å². The minimum atomic E-state index is -0.00426. The minimum Gasteiger partial charge on any atom is -0.471 e. The van der Waals surface area contributed by atoms with Gasteiger partial charge in [-0.2, -0.15) is 0 Å². The van der Waals surface area contributed by atoms with Crippen LogP contribution in [-0.4, -0.2) is 44.5 Å². The standard InChI is InChI=1S/C18H18N4O2S/c1-12-6-5-7-15(19-12)24-14-10-22(11-14)17(23)16-13(2)20-18(25-16)21-8-3-4-9-21/h3-9,14H,10-11H2,1-2H3. The lowest BCUT2D eigenvalue weighted by molar-refractivity contribution is 0.0162. The molecule has 0 atom stereocenters. The van der Waals surface area contributed by atoms with Crippen molar-refractivity contribution < 1.29 is 9.53 Å². The van der Waals surface area contributed by atoms with Crippen molar-refractivity contribution in [2.24, 2.45) is 0 Å². The summed E-state index contributed by atoms with van der Waals surface area (Å²) in [7, 11) is 0. The zero-order valence-corrected chi connectivity index (χ0v) is 14.9. The number of carbonyl (C=O) groups is 1. The molecule has 1 aliphatic rings. The Bertz CT molecular complexity index is 898. The third-order valence-electron chi connectivity index (χ3n) is 4.09. The molecule has 0 aliphatic carbocycles.